The van der Waals surface area contributed by atoms with Crippen molar-refractivity contribution in [3.63, 3.8) is 0 Å². The van der Waals surface area contributed by atoms with Gasteiger partial charge >= 0.3 is 6.09 Å². The van der Waals surface area contributed by atoms with Crippen LogP contribution < -0.4 is 15.2 Å². The summed E-state index contributed by atoms with van der Waals surface area (Å²) < 4.78 is 13.0. The standard InChI is InChI=1S/C28H29N5O5/c1-3-32(4-2)12-7-13-37-25-15-22-20(14-18(25)16-29)24(10-11-31-22)38-26(27(30)34)21-17-33(28(35)36)23-9-6-5-8-19(21)23/h5-6,8-11,14-15,17,26H,3-4,7,12-13H2,1-2H3,(H2,30,34)(H,35,36). The predicted octanol–water partition coefficient (Wildman–Crippen LogP) is 4.30. The van der Waals surface area contributed by atoms with Crippen LogP contribution in [0.1, 0.15) is 37.5 Å². The van der Waals surface area contributed by atoms with Crippen LogP contribution in [0.5, 0.6) is 11.5 Å². The normalized spacial score (nSPS) is 11.9. The third-order valence-corrected chi connectivity index (χ3v) is 6.43. The van der Waals surface area contributed by atoms with Crippen molar-refractivity contribution in [2.24, 2.45) is 5.73 Å². The summed E-state index contributed by atoms with van der Waals surface area (Å²) in [5, 5.41) is 20.4. The second-order valence-corrected chi connectivity index (χ2v) is 8.67. The number of hydrogen-bond donors (Lipinski definition) is 2. The Kier molecular flexibility index (Phi) is 8.09. The van der Waals surface area contributed by atoms with E-state index in [4.69, 9.17) is 15.2 Å². The number of hydrogen-bond acceptors (Lipinski definition) is 7. The molecule has 0 aliphatic heterocycles. The van der Waals surface area contributed by atoms with Gasteiger partial charge in [0.1, 0.15) is 17.6 Å². The number of pyridine rings is 1. The Labute approximate surface area is 219 Å². The van der Waals surface area contributed by atoms with Crippen LogP contribution in [-0.2, 0) is 4.79 Å². The van der Waals surface area contributed by atoms with E-state index in [-0.39, 0.29) is 5.75 Å². The molecule has 0 bridgehead atoms. The molecule has 1 unspecified atom stereocenters. The maximum Gasteiger partial charge on any atom is 0.416 e. The number of para-hydroxylation sites is 1. The topological polar surface area (TPSA) is 144 Å². The smallest absolute Gasteiger partial charge is 0.416 e. The molecule has 4 aromatic rings. The van der Waals surface area contributed by atoms with Gasteiger partial charge < -0.3 is 25.2 Å². The summed E-state index contributed by atoms with van der Waals surface area (Å²) in [6, 6.07) is 13.8. The predicted molar refractivity (Wildman–Crippen MR) is 142 cm³/mol. The average molecular weight is 516 g/mol. The summed E-state index contributed by atoms with van der Waals surface area (Å²) in [6.45, 7) is 7.49. The molecule has 2 heterocycles. The quantitative estimate of drug-likeness (QED) is 0.281. The third kappa shape index (κ3) is 5.38. The average Bonchev–Trinajstić information content (AvgIpc) is 3.31. The van der Waals surface area contributed by atoms with Gasteiger partial charge in [0.15, 0.2) is 0 Å². The number of aromatic nitrogens is 2. The van der Waals surface area contributed by atoms with E-state index in [0.29, 0.717) is 45.3 Å². The lowest BCUT2D eigenvalue weighted by molar-refractivity contribution is -0.124. The fourth-order valence-electron chi connectivity index (χ4n) is 4.44. The molecule has 0 saturated heterocycles. The van der Waals surface area contributed by atoms with Crippen LogP contribution >= 0.6 is 0 Å². The number of ether oxygens (including phenoxy) is 2. The van der Waals surface area contributed by atoms with E-state index in [0.717, 1.165) is 30.6 Å². The third-order valence-electron chi connectivity index (χ3n) is 6.43. The summed E-state index contributed by atoms with van der Waals surface area (Å²) in [7, 11) is 0. The Hall–Kier alpha value is -4.62. The van der Waals surface area contributed by atoms with Gasteiger partial charge in [0.2, 0.25) is 6.10 Å². The second-order valence-electron chi connectivity index (χ2n) is 8.67. The number of amides is 1. The van der Waals surface area contributed by atoms with Gasteiger partial charge in [0, 0.05) is 41.3 Å². The first-order valence-electron chi connectivity index (χ1n) is 12.3. The van der Waals surface area contributed by atoms with Gasteiger partial charge in [0.05, 0.1) is 23.2 Å². The Morgan fingerprint density at radius 3 is 2.61 bits per heavy atom. The van der Waals surface area contributed by atoms with Gasteiger partial charge in [-0.1, -0.05) is 32.0 Å². The van der Waals surface area contributed by atoms with Crippen molar-refractivity contribution in [3.05, 3.63) is 66.0 Å². The molecular weight excluding hydrogens is 486 g/mol. The summed E-state index contributed by atoms with van der Waals surface area (Å²) >= 11 is 0. The summed E-state index contributed by atoms with van der Waals surface area (Å²) in [4.78, 5) is 31.0. The monoisotopic (exact) mass is 515 g/mol. The van der Waals surface area contributed by atoms with Gasteiger partial charge in [-0.15, -0.1) is 0 Å². The number of nitrogens with two attached hydrogens (primary N) is 1. The highest BCUT2D eigenvalue weighted by molar-refractivity contribution is 5.96. The van der Waals surface area contributed by atoms with E-state index in [9.17, 15) is 20.0 Å². The molecule has 38 heavy (non-hydrogen) atoms. The zero-order valence-corrected chi connectivity index (χ0v) is 21.3. The second kappa shape index (κ2) is 11.6. The minimum Gasteiger partial charge on any atom is -0.492 e. The fourth-order valence-corrected chi connectivity index (χ4v) is 4.44. The molecule has 10 heteroatoms. The SMILES string of the molecule is CCN(CC)CCCOc1cc2nccc(OC(C(N)=O)c3cn(C(=O)O)c4ccccc34)c2cc1C#N. The molecule has 10 nitrogen and oxygen atoms in total. The number of primary amides is 1. The van der Waals surface area contributed by atoms with Gasteiger partial charge in [0.25, 0.3) is 5.91 Å². The molecule has 0 aliphatic carbocycles. The van der Waals surface area contributed by atoms with Gasteiger partial charge in [-0.25, -0.2) is 4.79 Å². The number of nitrogens with zero attached hydrogens (tertiary/aromatic N) is 4. The number of carbonyl (C=O) groups is 2. The molecule has 1 atom stereocenters. The molecule has 0 aliphatic rings. The molecular formula is C28H29N5O5. The molecule has 0 fully saturated rings. The van der Waals surface area contributed by atoms with Crippen molar-refractivity contribution in [2.45, 2.75) is 26.4 Å². The summed E-state index contributed by atoms with van der Waals surface area (Å²) in [5.74, 6) is -0.104. The van der Waals surface area contributed by atoms with Crippen LogP contribution in [0.2, 0.25) is 0 Å². The fraction of sp³-hybridized carbons (Fsp3) is 0.286. The molecule has 2 aromatic heterocycles. The van der Waals surface area contributed by atoms with Crippen molar-refractivity contribution in [1.29, 1.82) is 5.26 Å². The van der Waals surface area contributed by atoms with Crippen LogP contribution in [0.25, 0.3) is 21.8 Å². The van der Waals surface area contributed by atoms with Crippen molar-refractivity contribution < 1.29 is 24.2 Å². The van der Waals surface area contributed by atoms with E-state index in [1.165, 1.54) is 12.4 Å². The molecule has 0 radical (unpaired) electrons. The van der Waals surface area contributed by atoms with E-state index in [1.54, 1.807) is 42.5 Å². The minimum atomic E-state index is -1.28. The number of nitriles is 1. The summed E-state index contributed by atoms with van der Waals surface area (Å²) in [6.07, 6.45) is 1.18. The number of fused-ring (bicyclic) bond motifs is 2. The van der Waals surface area contributed by atoms with E-state index in [2.05, 4.69) is 29.8 Å². The number of carboxylic acid groups (broad SMARTS) is 1. The van der Waals surface area contributed by atoms with Gasteiger partial charge in [-0.2, -0.15) is 5.26 Å². The lowest BCUT2D eigenvalue weighted by Gasteiger charge is -2.19. The van der Waals surface area contributed by atoms with Crippen molar-refractivity contribution in [1.82, 2.24) is 14.5 Å². The maximum absolute atomic E-state index is 12.5. The molecule has 4 rings (SSSR count). The van der Waals surface area contributed by atoms with Crippen LogP contribution in [0.15, 0.2) is 54.9 Å². The lowest BCUT2D eigenvalue weighted by Crippen LogP contribution is -2.26. The molecule has 1 amide bonds. The first-order chi connectivity index (χ1) is 18.4. The van der Waals surface area contributed by atoms with E-state index < -0.39 is 18.1 Å². The number of benzene rings is 2. The van der Waals surface area contributed by atoms with Crippen molar-refractivity contribution >= 4 is 33.8 Å². The highest BCUT2D eigenvalue weighted by Crippen LogP contribution is 2.35. The van der Waals surface area contributed by atoms with E-state index in [1.807, 2.05) is 0 Å². The first-order valence-corrected chi connectivity index (χ1v) is 12.3. The zero-order valence-electron chi connectivity index (χ0n) is 21.3. The Bertz CT molecular complexity index is 1520. The first kappa shape index (κ1) is 26.4. The molecule has 0 spiro atoms. The van der Waals surface area contributed by atoms with Gasteiger partial charge in [-0.3, -0.25) is 14.3 Å². The number of carbonyl (C=O) groups excluding carboxylic acids is 1. The van der Waals surface area contributed by atoms with Crippen LogP contribution in [0.3, 0.4) is 0 Å². The van der Waals surface area contributed by atoms with Crippen LogP contribution in [0.4, 0.5) is 4.79 Å². The Morgan fingerprint density at radius 2 is 1.92 bits per heavy atom. The summed E-state index contributed by atoms with van der Waals surface area (Å²) in [5.41, 5.74) is 7.24. The van der Waals surface area contributed by atoms with Crippen molar-refractivity contribution in [3.8, 4) is 17.6 Å². The maximum atomic E-state index is 12.5. The minimum absolute atomic E-state index is 0.274. The molecule has 0 saturated carbocycles. The largest absolute Gasteiger partial charge is 0.492 e. The van der Waals surface area contributed by atoms with Gasteiger partial charge in [-0.05, 0) is 37.7 Å². The van der Waals surface area contributed by atoms with E-state index >= 15 is 0 Å². The Balaban J connectivity index is 1.66. The number of rotatable bonds is 11. The molecule has 2 aromatic carbocycles. The highest BCUT2D eigenvalue weighted by atomic mass is 16.5. The van der Waals surface area contributed by atoms with Crippen LogP contribution in [0, 0.1) is 11.3 Å². The van der Waals surface area contributed by atoms with Crippen molar-refractivity contribution in [2.75, 3.05) is 26.2 Å². The Morgan fingerprint density at radius 1 is 1.16 bits per heavy atom. The molecule has 3 N–H and O–H groups in total. The zero-order chi connectivity index (χ0) is 27.2. The molecule has 196 valence electrons. The lowest BCUT2D eigenvalue weighted by atomic mass is 10.1. The van der Waals surface area contributed by atoms with Crippen LogP contribution in [-0.4, -0.2) is 57.8 Å². The highest BCUT2D eigenvalue weighted by Gasteiger charge is 2.27.